The summed E-state index contributed by atoms with van der Waals surface area (Å²) in [6, 6.07) is 18.8. The largest absolute Gasteiger partial charge is 0.465 e. The van der Waals surface area contributed by atoms with E-state index in [4.69, 9.17) is 0 Å². The predicted octanol–water partition coefficient (Wildman–Crippen LogP) is 7.36. The molecule has 0 atom stereocenters. The van der Waals surface area contributed by atoms with E-state index >= 15 is 0 Å². The van der Waals surface area contributed by atoms with Gasteiger partial charge in [-0.15, -0.1) is 11.3 Å². The second-order valence-corrected chi connectivity index (χ2v) is 10.1. The second-order valence-electron chi connectivity index (χ2n) is 9.10. The Morgan fingerprint density at radius 3 is 2.16 bits per heavy atom. The summed E-state index contributed by atoms with van der Waals surface area (Å²) >= 11 is 1.33. The molecule has 37 heavy (non-hydrogen) atoms. The maximum atomic E-state index is 13.6. The molecule has 5 rings (SSSR count). The molecule has 1 fully saturated rings. The first-order chi connectivity index (χ1) is 17.6. The standard InChI is InChI=1S/C28H23F3N2O3S/c1-32(27(35)36)24-16-21-14-20(15-23(25(21)37-24)18-6-8-22(29)9-7-18)17-2-4-19(5-3-17)26(34)33-12-10-28(30,31)11-13-33/h2-9,14-16H,10-13H2,1H3,(H,35,36). The number of likely N-dealkylation sites (tertiary alicyclic amines) is 1. The minimum Gasteiger partial charge on any atom is -0.465 e. The van der Waals surface area contributed by atoms with Crippen molar-refractivity contribution >= 4 is 38.4 Å². The number of carbonyl (C=O) groups is 2. The number of carbonyl (C=O) groups excluding carboxylic acids is 1. The third-order valence-electron chi connectivity index (χ3n) is 6.62. The zero-order valence-corrected chi connectivity index (χ0v) is 20.7. The molecule has 2 heterocycles. The highest BCUT2D eigenvalue weighted by atomic mass is 32.1. The summed E-state index contributed by atoms with van der Waals surface area (Å²) in [5.41, 5.74) is 3.71. The molecule has 9 heteroatoms. The van der Waals surface area contributed by atoms with E-state index in [1.54, 1.807) is 42.5 Å². The summed E-state index contributed by atoms with van der Waals surface area (Å²) < 4.78 is 41.4. The van der Waals surface area contributed by atoms with Gasteiger partial charge in [0.15, 0.2) is 0 Å². The minimum atomic E-state index is -2.72. The number of amides is 2. The van der Waals surface area contributed by atoms with Crippen molar-refractivity contribution in [2.24, 2.45) is 0 Å². The smallest absolute Gasteiger partial charge is 0.412 e. The summed E-state index contributed by atoms with van der Waals surface area (Å²) in [6.07, 6.45) is -1.74. The van der Waals surface area contributed by atoms with Crippen molar-refractivity contribution in [1.29, 1.82) is 0 Å². The highest BCUT2D eigenvalue weighted by Gasteiger charge is 2.35. The van der Waals surface area contributed by atoms with Crippen LogP contribution in [-0.4, -0.2) is 48.1 Å². The van der Waals surface area contributed by atoms with Gasteiger partial charge in [-0.3, -0.25) is 9.69 Å². The number of carboxylic acid groups (broad SMARTS) is 1. The van der Waals surface area contributed by atoms with E-state index in [0.29, 0.717) is 10.6 Å². The van der Waals surface area contributed by atoms with Crippen LogP contribution in [0.25, 0.3) is 32.3 Å². The Bertz CT molecular complexity index is 1470. The minimum absolute atomic E-state index is 0.0244. The van der Waals surface area contributed by atoms with E-state index in [1.807, 2.05) is 12.1 Å². The van der Waals surface area contributed by atoms with E-state index in [1.165, 1.54) is 35.4 Å². The lowest BCUT2D eigenvalue weighted by molar-refractivity contribution is -0.0494. The predicted molar refractivity (Wildman–Crippen MR) is 139 cm³/mol. The average molecular weight is 525 g/mol. The molecule has 0 bridgehead atoms. The van der Waals surface area contributed by atoms with Crippen LogP contribution in [0.1, 0.15) is 23.2 Å². The van der Waals surface area contributed by atoms with Crippen LogP contribution in [0.3, 0.4) is 0 Å². The first kappa shape index (κ1) is 24.8. The van der Waals surface area contributed by atoms with Crippen molar-refractivity contribution in [1.82, 2.24) is 4.90 Å². The Labute approximate surface area is 215 Å². The van der Waals surface area contributed by atoms with E-state index in [-0.39, 0.29) is 37.7 Å². The van der Waals surface area contributed by atoms with Crippen molar-refractivity contribution in [2.45, 2.75) is 18.8 Å². The van der Waals surface area contributed by atoms with E-state index in [0.717, 1.165) is 37.2 Å². The number of halogens is 3. The summed E-state index contributed by atoms with van der Waals surface area (Å²) in [6.45, 7) is 0.0487. The Morgan fingerprint density at radius 2 is 1.54 bits per heavy atom. The maximum absolute atomic E-state index is 13.6. The van der Waals surface area contributed by atoms with Crippen LogP contribution < -0.4 is 4.90 Å². The number of anilines is 1. The number of alkyl halides is 2. The van der Waals surface area contributed by atoms with Crippen molar-refractivity contribution < 1.29 is 27.9 Å². The molecule has 5 nitrogen and oxygen atoms in total. The third kappa shape index (κ3) is 5.04. The van der Waals surface area contributed by atoms with Crippen LogP contribution in [0.2, 0.25) is 0 Å². The van der Waals surface area contributed by atoms with Crippen molar-refractivity contribution in [3.63, 3.8) is 0 Å². The van der Waals surface area contributed by atoms with Crippen molar-refractivity contribution in [3.8, 4) is 22.3 Å². The molecule has 1 aromatic heterocycles. The topological polar surface area (TPSA) is 60.9 Å². The van der Waals surface area contributed by atoms with Gasteiger partial charge in [0.05, 0.1) is 0 Å². The normalized spacial score (nSPS) is 15.1. The number of rotatable bonds is 4. The van der Waals surface area contributed by atoms with Gasteiger partial charge in [0, 0.05) is 48.8 Å². The number of hydrogen-bond acceptors (Lipinski definition) is 3. The van der Waals surface area contributed by atoms with Gasteiger partial charge in [-0.2, -0.15) is 0 Å². The highest BCUT2D eigenvalue weighted by Crippen LogP contribution is 2.42. The van der Waals surface area contributed by atoms with Gasteiger partial charge >= 0.3 is 6.09 Å². The van der Waals surface area contributed by atoms with E-state index in [2.05, 4.69) is 0 Å². The molecule has 0 saturated carbocycles. The lowest BCUT2D eigenvalue weighted by atomic mass is 9.96. The first-order valence-corrected chi connectivity index (χ1v) is 12.5. The zero-order valence-electron chi connectivity index (χ0n) is 19.9. The van der Waals surface area contributed by atoms with Crippen LogP contribution >= 0.6 is 11.3 Å². The van der Waals surface area contributed by atoms with Gasteiger partial charge in [-0.05, 0) is 64.5 Å². The van der Waals surface area contributed by atoms with Crippen molar-refractivity contribution in [2.75, 3.05) is 25.0 Å². The third-order valence-corrected chi connectivity index (χ3v) is 7.88. The Morgan fingerprint density at radius 1 is 0.919 bits per heavy atom. The number of thiophene rings is 1. The fourth-order valence-corrected chi connectivity index (χ4v) is 5.57. The molecule has 190 valence electrons. The van der Waals surface area contributed by atoms with Gasteiger partial charge in [0.2, 0.25) is 0 Å². The van der Waals surface area contributed by atoms with Crippen LogP contribution in [0.15, 0.2) is 66.7 Å². The van der Waals surface area contributed by atoms with Gasteiger partial charge < -0.3 is 10.0 Å². The molecular weight excluding hydrogens is 501 g/mol. The fourth-order valence-electron chi connectivity index (χ4n) is 4.43. The Balaban J connectivity index is 1.51. The van der Waals surface area contributed by atoms with Gasteiger partial charge in [0.25, 0.3) is 11.8 Å². The highest BCUT2D eigenvalue weighted by molar-refractivity contribution is 7.23. The van der Waals surface area contributed by atoms with Gasteiger partial charge in [0.1, 0.15) is 10.8 Å². The molecule has 1 aliphatic heterocycles. The van der Waals surface area contributed by atoms with Crippen LogP contribution in [0.5, 0.6) is 0 Å². The number of benzene rings is 3. The molecule has 4 aromatic rings. The molecule has 1 aliphatic rings. The monoisotopic (exact) mass is 524 g/mol. The first-order valence-electron chi connectivity index (χ1n) is 11.7. The molecule has 1 N–H and O–H groups in total. The van der Waals surface area contributed by atoms with Crippen LogP contribution in [0, 0.1) is 5.82 Å². The summed E-state index contributed by atoms with van der Waals surface area (Å²) in [4.78, 5) is 26.9. The molecular formula is C28H23F3N2O3S. The lowest BCUT2D eigenvalue weighted by Crippen LogP contribution is -2.42. The van der Waals surface area contributed by atoms with Crippen LogP contribution in [-0.2, 0) is 0 Å². The molecule has 0 unspecified atom stereocenters. The molecule has 2 amide bonds. The number of piperidine rings is 1. The maximum Gasteiger partial charge on any atom is 0.412 e. The van der Waals surface area contributed by atoms with Crippen molar-refractivity contribution in [3.05, 3.63) is 78.1 Å². The zero-order chi connectivity index (χ0) is 26.3. The van der Waals surface area contributed by atoms with Crippen LogP contribution in [0.4, 0.5) is 23.0 Å². The van der Waals surface area contributed by atoms with E-state index < -0.39 is 12.0 Å². The Kier molecular flexibility index (Phi) is 6.41. The van der Waals surface area contributed by atoms with E-state index in [9.17, 15) is 27.9 Å². The number of fused-ring (bicyclic) bond motifs is 1. The SMILES string of the molecule is CN(C(=O)O)c1cc2cc(-c3ccc(C(=O)N4CCC(F)(F)CC4)cc3)cc(-c3ccc(F)cc3)c2s1. The summed E-state index contributed by atoms with van der Waals surface area (Å²) in [5.74, 6) is -3.35. The quantitative estimate of drug-likeness (QED) is 0.303. The molecule has 0 radical (unpaired) electrons. The average Bonchev–Trinajstić information content (AvgIpc) is 3.32. The molecule has 3 aromatic carbocycles. The second kappa shape index (κ2) is 9.55. The number of nitrogens with zero attached hydrogens (tertiary/aromatic N) is 2. The molecule has 0 spiro atoms. The number of hydrogen-bond donors (Lipinski definition) is 1. The fraction of sp³-hybridized carbons (Fsp3) is 0.214. The Hall–Kier alpha value is -3.85. The molecule has 1 saturated heterocycles. The lowest BCUT2D eigenvalue weighted by Gasteiger charge is -2.31. The molecule has 0 aliphatic carbocycles. The van der Waals surface area contributed by atoms with Gasteiger partial charge in [-0.1, -0.05) is 24.3 Å². The summed E-state index contributed by atoms with van der Waals surface area (Å²) in [7, 11) is 1.48. The summed E-state index contributed by atoms with van der Waals surface area (Å²) in [5, 5.41) is 10.8. The van der Waals surface area contributed by atoms with Gasteiger partial charge in [-0.25, -0.2) is 18.0 Å².